The zero-order valence-corrected chi connectivity index (χ0v) is 21.6. The highest BCUT2D eigenvalue weighted by atomic mass is 32.1. The number of aromatic nitrogens is 3. The molecule has 36 heavy (non-hydrogen) atoms. The lowest BCUT2D eigenvalue weighted by Gasteiger charge is -2.25. The largest absolute Gasteiger partial charge is 0.464 e. The molecule has 0 bridgehead atoms. The first-order valence-corrected chi connectivity index (χ1v) is 13.3. The predicted molar refractivity (Wildman–Crippen MR) is 142 cm³/mol. The van der Waals surface area contributed by atoms with Gasteiger partial charge in [0.25, 0.3) is 0 Å². The van der Waals surface area contributed by atoms with Crippen LogP contribution in [-0.4, -0.2) is 72.8 Å². The Morgan fingerprint density at radius 1 is 1.14 bits per heavy atom. The Balaban J connectivity index is 1.14. The number of rotatable bonds is 7. The molecule has 5 heterocycles. The summed E-state index contributed by atoms with van der Waals surface area (Å²) in [6.45, 7) is 5.90. The minimum Gasteiger partial charge on any atom is -0.464 e. The molecule has 0 amide bonds. The SMILES string of the molecule is COCCc1cc2c(N3CCC4(CCN(Cc5ccc6cc(C(=O)OC)[nH]c6c5)C4)C3)ncnc2s1. The third-order valence-electron chi connectivity index (χ3n) is 7.67. The number of hydrogen-bond donors (Lipinski definition) is 1. The number of benzene rings is 1. The minimum absolute atomic E-state index is 0.306. The number of esters is 1. The zero-order valence-electron chi connectivity index (χ0n) is 20.7. The summed E-state index contributed by atoms with van der Waals surface area (Å²) in [5, 5.41) is 2.20. The average Bonchev–Trinajstić information content (AvgIpc) is 3.68. The van der Waals surface area contributed by atoms with E-state index in [1.807, 2.05) is 6.07 Å². The Morgan fingerprint density at radius 3 is 2.89 bits per heavy atom. The highest BCUT2D eigenvalue weighted by molar-refractivity contribution is 7.18. The fourth-order valence-electron chi connectivity index (χ4n) is 5.83. The molecule has 1 N–H and O–H groups in total. The van der Waals surface area contributed by atoms with Crippen LogP contribution >= 0.6 is 11.3 Å². The van der Waals surface area contributed by atoms with Gasteiger partial charge in [-0.05, 0) is 43.1 Å². The molecule has 2 saturated heterocycles. The summed E-state index contributed by atoms with van der Waals surface area (Å²) in [6.07, 6.45) is 5.02. The number of H-pyrrole nitrogens is 1. The first kappa shape index (κ1) is 23.4. The van der Waals surface area contributed by atoms with Crippen LogP contribution in [-0.2, 0) is 22.4 Å². The molecule has 3 aromatic heterocycles. The molecule has 0 aliphatic carbocycles. The second-order valence-corrected chi connectivity index (χ2v) is 11.2. The predicted octanol–water partition coefficient (Wildman–Crippen LogP) is 4.25. The quantitative estimate of drug-likeness (QED) is 0.376. The van der Waals surface area contributed by atoms with Gasteiger partial charge >= 0.3 is 5.97 Å². The molecule has 2 aliphatic heterocycles. The molecule has 1 aromatic carbocycles. The van der Waals surface area contributed by atoms with Crippen molar-refractivity contribution < 1.29 is 14.3 Å². The molecule has 2 aliphatic rings. The Kier molecular flexibility index (Phi) is 6.15. The fraction of sp³-hybridized carbons (Fsp3) is 0.444. The van der Waals surface area contributed by atoms with Gasteiger partial charge in [-0.15, -0.1) is 11.3 Å². The summed E-state index contributed by atoms with van der Waals surface area (Å²) in [6, 6.07) is 10.5. The lowest BCUT2D eigenvalue weighted by atomic mass is 9.86. The van der Waals surface area contributed by atoms with Crippen molar-refractivity contribution >= 4 is 44.2 Å². The second kappa shape index (κ2) is 9.46. The van der Waals surface area contributed by atoms with Gasteiger partial charge in [0, 0.05) is 60.9 Å². The van der Waals surface area contributed by atoms with Gasteiger partial charge in [-0.3, -0.25) is 4.90 Å². The molecule has 0 saturated carbocycles. The van der Waals surface area contributed by atoms with Crippen LogP contribution in [0.25, 0.3) is 21.1 Å². The Labute approximate surface area is 214 Å². The highest BCUT2D eigenvalue weighted by Crippen LogP contribution is 2.43. The molecule has 6 rings (SSSR count). The maximum atomic E-state index is 11.9. The van der Waals surface area contributed by atoms with Gasteiger partial charge in [0.05, 0.1) is 19.1 Å². The van der Waals surface area contributed by atoms with Crippen molar-refractivity contribution in [3.8, 4) is 0 Å². The number of nitrogens with one attached hydrogen (secondary N) is 1. The topological polar surface area (TPSA) is 83.6 Å². The van der Waals surface area contributed by atoms with Crippen LogP contribution in [0.1, 0.15) is 33.8 Å². The first-order chi connectivity index (χ1) is 17.6. The standard InChI is InChI=1S/C27H31N5O3S/c1-34-10-5-20-13-21-24(28-17-29-25(21)36-20)32-9-7-27(16-32)6-8-31(15-27)14-18-3-4-19-12-23(26(33)35-2)30-22(19)11-18/h3-4,11-13,17,30H,5-10,14-16H2,1-2H3. The Bertz CT molecular complexity index is 1420. The summed E-state index contributed by atoms with van der Waals surface area (Å²) in [5.41, 5.74) is 3.03. The van der Waals surface area contributed by atoms with Crippen LogP contribution in [0.3, 0.4) is 0 Å². The minimum atomic E-state index is -0.338. The number of likely N-dealkylation sites (tertiary alicyclic amines) is 1. The Hall–Kier alpha value is -3.01. The van der Waals surface area contributed by atoms with Gasteiger partial charge in [-0.2, -0.15) is 0 Å². The van der Waals surface area contributed by atoms with Crippen LogP contribution in [0.4, 0.5) is 5.82 Å². The molecule has 4 aromatic rings. The number of carbonyl (C=O) groups is 1. The molecular weight excluding hydrogens is 474 g/mol. The summed E-state index contributed by atoms with van der Waals surface area (Å²) < 4.78 is 10.1. The van der Waals surface area contributed by atoms with Crippen LogP contribution in [0.15, 0.2) is 36.7 Å². The van der Waals surface area contributed by atoms with Gasteiger partial charge < -0.3 is 19.4 Å². The van der Waals surface area contributed by atoms with Gasteiger partial charge in [-0.25, -0.2) is 14.8 Å². The molecule has 2 fully saturated rings. The number of aromatic amines is 1. The van der Waals surface area contributed by atoms with Crippen LogP contribution in [0.2, 0.25) is 0 Å². The number of thiophene rings is 1. The van der Waals surface area contributed by atoms with E-state index in [1.54, 1.807) is 24.8 Å². The summed E-state index contributed by atoms with van der Waals surface area (Å²) >= 11 is 1.75. The second-order valence-electron chi connectivity index (χ2n) is 10.1. The van der Waals surface area contributed by atoms with Gasteiger partial charge in [-0.1, -0.05) is 12.1 Å². The van der Waals surface area contributed by atoms with Crippen LogP contribution < -0.4 is 4.90 Å². The maximum Gasteiger partial charge on any atom is 0.354 e. The smallest absolute Gasteiger partial charge is 0.354 e. The monoisotopic (exact) mass is 505 g/mol. The molecule has 1 atom stereocenters. The number of fused-ring (bicyclic) bond motifs is 2. The average molecular weight is 506 g/mol. The van der Waals surface area contributed by atoms with E-state index in [4.69, 9.17) is 14.5 Å². The van der Waals surface area contributed by atoms with Crippen molar-refractivity contribution in [2.45, 2.75) is 25.8 Å². The van der Waals surface area contributed by atoms with E-state index < -0.39 is 0 Å². The van der Waals surface area contributed by atoms with Crippen molar-refractivity contribution in [1.29, 1.82) is 0 Å². The summed E-state index contributed by atoms with van der Waals surface area (Å²) in [7, 11) is 3.15. The molecule has 0 radical (unpaired) electrons. The molecular formula is C27H31N5O3S. The van der Waals surface area contributed by atoms with Crippen molar-refractivity contribution in [2.24, 2.45) is 5.41 Å². The van der Waals surface area contributed by atoms with Crippen molar-refractivity contribution in [1.82, 2.24) is 19.9 Å². The fourth-order valence-corrected chi connectivity index (χ4v) is 6.80. The van der Waals surface area contributed by atoms with Crippen LogP contribution in [0, 0.1) is 5.41 Å². The van der Waals surface area contributed by atoms with E-state index in [-0.39, 0.29) is 5.97 Å². The molecule has 188 valence electrons. The number of carbonyl (C=O) groups excluding carboxylic acids is 1. The van der Waals surface area contributed by atoms with Gasteiger partial charge in [0.1, 0.15) is 22.7 Å². The number of hydrogen-bond acceptors (Lipinski definition) is 8. The highest BCUT2D eigenvalue weighted by Gasteiger charge is 2.44. The van der Waals surface area contributed by atoms with Crippen LogP contribution in [0.5, 0.6) is 0 Å². The molecule has 1 unspecified atom stereocenters. The third-order valence-corrected chi connectivity index (χ3v) is 8.77. The maximum absolute atomic E-state index is 11.9. The summed E-state index contributed by atoms with van der Waals surface area (Å²) in [5.74, 6) is 0.739. The molecule has 1 spiro atoms. The van der Waals surface area contributed by atoms with E-state index in [2.05, 4.69) is 44.0 Å². The molecule has 9 heteroatoms. The van der Waals surface area contributed by atoms with Crippen molar-refractivity contribution in [3.63, 3.8) is 0 Å². The number of methoxy groups -OCH3 is 2. The lowest BCUT2D eigenvalue weighted by molar-refractivity contribution is 0.0595. The first-order valence-electron chi connectivity index (χ1n) is 12.5. The zero-order chi connectivity index (χ0) is 24.7. The normalized spacial score (nSPS) is 20.3. The summed E-state index contributed by atoms with van der Waals surface area (Å²) in [4.78, 5) is 31.7. The lowest BCUT2D eigenvalue weighted by Crippen LogP contribution is -2.31. The Morgan fingerprint density at radius 2 is 2.03 bits per heavy atom. The van der Waals surface area contributed by atoms with E-state index >= 15 is 0 Å². The number of anilines is 1. The number of nitrogens with zero attached hydrogens (tertiary/aromatic N) is 4. The van der Waals surface area contributed by atoms with E-state index in [9.17, 15) is 4.79 Å². The van der Waals surface area contributed by atoms with Gasteiger partial charge in [0.15, 0.2) is 0 Å². The molecule has 8 nitrogen and oxygen atoms in total. The van der Waals surface area contributed by atoms with Gasteiger partial charge in [0.2, 0.25) is 0 Å². The van der Waals surface area contributed by atoms with Crippen molar-refractivity contribution in [3.05, 3.63) is 52.8 Å². The van der Waals surface area contributed by atoms with E-state index in [0.29, 0.717) is 11.1 Å². The number of ether oxygens (including phenoxy) is 2. The van der Waals surface area contributed by atoms with E-state index in [0.717, 1.165) is 67.3 Å². The third kappa shape index (κ3) is 4.36. The van der Waals surface area contributed by atoms with Crippen molar-refractivity contribution in [2.75, 3.05) is 51.9 Å². The van der Waals surface area contributed by atoms with E-state index in [1.165, 1.54) is 35.8 Å².